The number of oxazole rings is 1. The van der Waals surface area contributed by atoms with Gasteiger partial charge in [0, 0.05) is 5.56 Å². The Labute approximate surface area is 146 Å². The number of nitrogens with one attached hydrogen (secondary N) is 1. The van der Waals surface area contributed by atoms with Crippen molar-refractivity contribution < 1.29 is 13.9 Å². The number of hydrogen-bond donors (Lipinski definition) is 1. The van der Waals surface area contributed by atoms with Crippen LogP contribution in [0.15, 0.2) is 59.0 Å². The van der Waals surface area contributed by atoms with Gasteiger partial charge in [-0.25, -0.2) is 4.98 Å². The Balaban J connectivity index is 1.82. The number of carbonyl (C=O) groups excluding carboxylic acids is 1. The number of amides is 1. The minimum Gasteiger partial charge on any atom is -0.491 e. The molecule has 0 radical (unpaired) electrons. The number of para-hydroxylation sites is 2. The van der Waals surface area contributed by atoms with Crippen molar-refractivity contribution in [3.8, 4) is 17.2 Å². The van der Waals surface area contributed by atoms with Crippen LogP contribution in [0.5, 0.6) is 5.75 Å². The summed E-state index contributed by atoms with van der Waals surface area (Å²) in [4.78, 5) is 17.0. The number of benzene rings is 2. The van der Waals surface area contributed by atoms with E-state index in [0.717, 1.165) is 12.0 Å². The Bertz CT molecular complexity index is 856. The van der Waals surface area contributed by atoms with Crippen LogP contribution in [-0.2, 0) is 0 Å². The quantitative estimate of drug-likeness (QED) is 0.709. The minimum absolute atomic E-state index is 0.268. The second kappa shape index (κ2) is 7.66. The average molecular weight is 336 g/mol. The standard InChI is InChI=1S/C20H20N2O3/c1-3-13-24-17-12-8-7-11-16(17)21-19(23)18-14(2)25-20(22-18)15-9-5-4-6-10-15/h4-12H,3,13H2,1-2H3,(H,21,23). The Morgan fingerprint density at radius 2 is 1.84 bits per heavy atom. The Hall–Kier alpha value is -3.08. The van der Waals surface area contributed by atoms with E-state index in [1.807, 2.05) is 55.5 Å². The SMILES string of the molecule is CCCOc1ccccc1NC(=O)c1nc(-c2ccccc2)oc1C. The summed E-state index contributed by atoms with van der Waals surface area (Å²) in [7, 11) is 0. The molecular formula is C20H20N2O3. The molecule has 0 fully saturated rings. The molecule has 0 aliphatic rings. The molecule has 0 spiro atoms. The number of ether oxygens (including phenoxy) is 1. The lowest BCUT2D eigenvalue weighted by atomic mass is 10.2. The number of aryl methyl sites for hydroxylation is 1. The average Bonchev–Trinajstić information content (AvgIpc) is 3.03. The van der Waals surface area contributed by atoms with E-state index in [0.29, 0.717) is 29.7 Å². The van der Waals surface area contributed by atoms with Crippen LogP contribution in [0.3, 0.4) is 0 Å². The largest absolute Gasteiger partial charge is 0.491 e. The molecule has 2 aromatic carbocycles. The third-order valence-electron chi connectivity index (χ3n) is 3.63. The molecule has 3 rings (SSSR count). The van der Waals surface area contributed by atoms with Crippen LogP contribution in [0.1, 0.15) is 29.6 Å². The normalized spacial score (nSPS) is 10.5. The predicted octanol–water partition coefficient (Wildman–Crippen LogP) is 4.69. The molecule has 3 aromatic rings. The molecule has 128 valence electrons. The number of anilines is 1. The fraction of sp³-hybridized carbons (Fsp3) is 0.200. The molecule has 1 aromatic heterocycles. The van der Waals surface area contributed by atoms with Crippen LogP contribution in [0.4, 0.5) is 5.69 Å². The summed E-state index contributed by atoms with van der Waals surface area (Å²) in [6.45, 7) is 4.35. The minimum atomic E-state index is -0.323. The Morgan fingerprint density at radius 1 is 1.12 bits per heavy atom. The number of aromatic nitrogens is 1. The maximum Gasteiger partial charge on any atom is 0.278 e. The maximum absolute atomic E-state index is 12.6. The number of rotatable bonds is 6. The highest BCUT2D eigenvalue weighted by Crippen LogP contribution is 2.26. The predicted molar refractivity (Wildman–Crippen MR) is 96.9 cm³/mol. The first-order valence-electron chi connectivity index (χ1n) is 8.25. The number of hydrogen-bond acceptors (Lipinski definition) is 4. The molecule has 0 unspecified atom stereocenters. The van der Waals surface area contributed by atoms with Crippen molar-refractivity contribution in [1.29, 1.82) is 0 Å². The van der Waals surface area contributed by atoms with Crippen LogP contribution in [0.25, 0.3) is 11.5 Å². The van der Waals surface area contributed by atoms with Gasteiger partial charge in [-0.2, -0.15) is 0 Å². The maximum atomic E-state index is 12.6. The van der Waals surface area contributed by atoms with Gasteiger partial charge in [-0.3, -0.25) is 4.79 Å². The summed E-state index contributed by atoms with van der Waals surface area (Å²) in [5.74, 6) is 1.22. The summed E-state index contributed by atoms with van der Waals surface area (Å²) in [5, 5.41) is 2.85. The first-order chi connectivity index (χ1) is 12.2. The lowest BCUT2D eigenvalue weighted by Crippen LogP contribution is -2.14. The number of nitrogens with zero attached hydrogens (tertiary/aromatic N) is 1. The molecule has 0 aliphatic carbocycles. The fourth-order valence-electron chi connectivity index (χ4n) is 2.40. The van der Waals surface area contributed by atoms with E-state index in [9.17, 15) is 4.79 Å². The molecule has 5 heteroatoms. The van der Waals surface area contributed by atoms with Gasteiger partial charge in [-0.05, 0) is 37.6 Å². The van der Waals surface area contributed by atoms with E-state index in [-0.39, 0.29) is 11.6 Å². The van der Waals surface area contributed by atoms with Gasteiger partial charge in [0.1, 0.15) is 11.5 Å². The lowest BCUT2D eigenvalue weighted by Gasteiger charge is -2.11. The third-order valence-corrected chi connectivity index (χ3v) is 3.63. The zero-order valence-corrected chi connectivity index (χ0v) is 14.3. The topological polar surface area (TPSA) is 64.4 Å². The summed E-state index contributed by atoms with van der Waals surface area (Å²) in [6.07, 6.45) is 0.894. The summed E-state index contributed by atoms with van der Waals surface area (Å²) >= 11 is 0. The van der Waals surface area contributed by atoms with Crippen LogP contribution in [0.2, 0.25) is 0 Å². The van der Waals surface area contributed by atoms with Crippen molar-refractivity contribution in [2.24, 2.45) is 0 Å². The van der Waals surface area contributed by atoms with Gasteiger partial charge >= 0.3 is 0 Å². The zero-order chi connectivity index (χ0) is 17.6. The highest BCUT2D eigenvalue weighted by Gasteiger charge is 2.19. The summed E-state index contributed by atoms with van der Waals surface area (Å²) < 4.78 is 11.3. The number of carbonyl (C=O) groups is 1. The van der Waals surface area contributed by atoms with E-state index in [2.05, 4.69) is 10.3 Å². The molecule has 1 amide bonds. The van der Waals surface area contributed by atoms with Gasteiger partial charge in [0.25, 0.3) is 5.91 Å². The van der Waals surface area contributed by atoms with E-state index in [4.69, 9.17) is 9.15 Å². The molecule has 0 aliphatic heterocycles. The van der Waals surface area contributed by atoms with Crippen LogP contribution < -0.4 is 10.1 Å². The van der Waals surface area contributed by atoms with Crippen molar-refractivity contribution in [2.45, 2.75) is 20.3 Å². The Kier molecular flexibility index (Phi) is 5.14. The molecule has 0 atom stereocenters. The fourth-order valence-corrected chi connectivity index (χ4v) is 2.40. The molecule has 5 nitrogen and oxygen atoms in total. The van der Waals surface area contributed by atoms with E-state index >= 15 is 0 Å². The Morgan fingerprint density at radius 3 is 2.60 bits per heavy atom. The monoisotopic (exact) mass is 336 g/mol. The smallest absolute Gasteiger partial charge is 0.278 e. The molecule has 0 saturated heterocycles. The molecule has 0 bridgehead atoms. The highest BCUT2D eigenvalue weighted by atomic mass is 16.5. The van der Waals surface area contributed by atoms with Crippen LogP contribution in [0, 0.1) is 6.92 Å². The van der Waals surface area contributed by atoms with Crippen molar-refractivity contribution in [2.75, 3.05) is 11.9 Å². The van der Waals surface area contributed by atoms with E-state index in [1.165, 1.54) is 0 Å². The zero-order valence-electron chi connectivity index (χ0n) is 14.3. The molecular weight excluding hydrogens is 316 g/mol. The lowest BCUT2D eigenvalue weighted by molar-refractivity contribution is 0.102. The van der Waals surface area contributed by atoms with Gasteiger partial charge in [-0.1, -0.05) is 37.3 Å². The van der Waals surface area contributed by atoms with Gasteiger partial charge in [0.15, 0.2) is 5.69 Å². The van der Waals surface area contributed by atoms with Crippen molar-refractivity contribution in [1.82, 2.24) is 4.98 Å². The molecule has 1 heterocycles. The summed E-state index contributed by atoms with van der Waals surface area (Å²) in [6, 6.07) is 16.8. The van der Waals surface area contributed by atoms with Gasteiger partial charge in [0.05, 0.1) is 12.3 Å². The third kappa shape index (κ3) is 3.88. The second-order valence-corrected chi connectivity index (χ2v) is 5.59. The molecule has 1 N–H and O–H groups in total. The molecule has 25 heavy (non-hydrogen) atoms. The van der Waals surface area contributed by atoms with Gasteiger partial charge in [-0.15, -0.1) is 0 Å². The first kappa shape index (κ1) is 16.8. The van der Waals surface area contributed by atoms with Crippen LogP contribution >= 0.6 is 0 Å². The highest BCUT2D eigenvalue weighted by molar-refractivity contribution is 6.04. The van der Waals surface area contributed by atoms with Crippen LogP contribution in [-0.4, -0.2) is 17.5 Å². The van der Waals surface area contributed by atoms with Crippen molar-refractivity contribution in [3.05, 3.63) is 66.1 Å². The van der Waals surface area contributed by atoms with E-state index < -0.39 is 0 Å². The van der Waals surface area contributed by atoms with Gasteiger partial charge in [0.2, 0.25) is 5.89 Å². The van der Waals surface area contributed by atoms with Crippen molar-refractivity contribution >= 4 is 11.6 Å². The van der Waals surface area contributed by atoms with E-state index in [1.54, 1.807) is 13.0 Å². The first-order valence-corrected chi connectivity index (χ1v) is 8.25. The second-order valence-electron chi connectivity index (χ2n) is 5.59. The van der Waals surface area contributed by atoms with Crippen molar-refractivity contribution in [3.63, 3.8) is 0 Å². The molecule has 0 saturated carbocycles. The van der Waals surface area contributed by atoms with Gasteiger partial charge < -0.3 is 14.5 Å². The summed E-state index contributed by atoms with van der Waals surface area (Å²) in [5.41, 5.74) is 1.71.